The maximum absolute atomic E-state index is 12.3. The number of hydrazone groups is 1. The fraction of sp³-hybridized carbons (Fsp3) is 0.115. The van der Waals surface area contributed by atoms with Crippen LogP contribution in [0.3, 0.4) is 0 Å². The van der Waals surface area contributed by atoms with Crippen molar-refractivity contribution in [1.82, 2.24) is 15.6 Å². The van der Waals surface area contributed by atoms with E-state index < -0.39 is 0 Å². The van der Waals surface area contributed by atoms with Crippen molar-refractivity contribution in [3.05, 3.63) is 102 Å². The zero-order chi connectivity index (χ0) is 22.9. The first-order valence-electron chi connectivity index (χ1n) is 10.5. The van der Waals surface area contributed by atoms with Crippen molar-refractivity contribution >= 4 is 12.1 Å². The molecule has 0 unspecified atom stereocenters. The number of carbonyl (C=O) groups is 1. The standard InChI is InChI=1S/C26H24N4O3/c1-32-22-11-7-20(8-12-22)18-27-30-26(31)25-17-24(28-29-25)21-9-13-23(14-10-21)33-16-15-19-5-3-2-4-6-19/h2-14,17-18H,15-16H2,1H3,(H,28,29)(H,30,31). The highest BCUT2D eigenvalue weighted by Crippen LogP contribution is 2.21. The minimum Gasteiger partial charge on any atom is -0.497 e. The van der Waals surface area contributed by atoms with Crippen molar-refractivity contribution in [2.75, 3.05) is 13.7 Å². The van der Waals surface area contributed by atoms with Gasteiger partial charge < -0.3 is 9.47 Å². The lowest BCUT2D eigenvalue weighted by atomic mass is 10.1. The molecule has 33 heavy (non-hydrogen) atoms. The van der Waals surface area contributed by atoms with Crippen molar-refractivity contribution in [2.24, 2.45) is 5.10 Å². The van der Waals surface area contributed by atoms with Crippen molar-refractivity contribution in [2.45, 2.75) is 6.42 Å². The Morgan fingerprint density at radius 1 is 1.00 bits per heavy atom. The molecule has 0 saturated carbocycles. The molecule has 166 valence electrons. The molecule has 0 fully saturated rings. The third kappa shape index (κ3) is 6.07. The van der Waals surface area contributed by atoms with E-state index in [4.69, 9.17) is 9.47 Å². The minimum absolute atomic E-state index is 0.320. The van der Waals surface area contributed by atoms with Gasteiger partial charge in [0.25, 0.3) is 5.91 Å². The predicted octanol–water partition coefficient (Wildman–Crippen LogP) is 4.47. The summed E-state index contributed by atoms with van der Waals surface area (Å²) < 4.78 is 10.9. The lowest BCUT2D eigenvalue weighted by molar-refractivity contribution is 0.0950. The number of carbonyl (C=O) groups excluding carboxylic acids is 1. The van der Waals surface area contributed by atoms with Gasteiger partial charge in [-0.1, -0.05) is 30.3 Å². The van der Waals surface area contributed by atoms with Crippen molar-refractivity contribution < 1.29 is 14.3 Å². The molecular weight excluding hydrogens is 416 g/mol. The molecule has 7 heteroatoms. The van der Waals surface area contributed by atoms with E-state index in [1.165, 1.54) is 5.56 Å². The van der Waals surface area contributed by atoms with E-state index in [9.17, 15) is 4.79 Å². The fourth-order valence-corrected chi connectivity index (χ4v) is 3.15. The summed E-state index contributed by atoms with van der Waals surface area (Å²) in [5.74, 6) is 1.17. The lowest BCUT2D eigenvalue weighted by Gasteiger charge is -2.06. The molecule has 0 bridgehead atoms. The molecule has 1 aromatic heterocycles. The monoisotopic (exact) mass is 440 g/mol. The first kappa shape index (κ1) is 21.8. The molecule has 0 aliphatic rings. The average molecular weight is 441 g/mol. The maximum Gasteiger partial charge on any atom is 0.289 e. The molecule has 7 nitrogen and oxygen atoms in total. The summed E-state index contributed by atoms with van der Waals surface area (Å²) in [5.41, 5.74) is 6.43. The Bertz CT molecular complexity index is 1200. The number of nitrogens with one attached hydrogen (secondary N) is 2. The van der Waals surface area contributed by atoms with Crippen molar-refractivity contribution in [1.29, 1.82) is 0 Å². The van der Waals surface area contributed by atoms with E-state index in [0.29, 0.717) is 18.0 Å². The first-order chi connectivity index (χ1) is 16.2. The summed E-state index contributed by atoms with van der Waals surface area (Å²) >= 11 is 0. The molecule has 2 N–H and O–H groups in total. The predicted molar refractivity (Wildman–Crippen MR) is 128 cm³/mol. The van der Waals surface area contributed by atoms with Crippen LogP contribution in [-0.4, -0.2) is 36.0 Å². The zero-order valence-electron chi connectivity index (χ0n) is 18.2. The number of hydrogen-bond donors (Lipinski definition) is 2. The van der Waals surface area contributed by atoms with E-state index in [1.807, 2.05) is 66.7 Å². The summed E-state index contributed by atoms with van der Waals surface area (Å²) in [6.45, 7) is 0.604. The maximum atomic E-state index is 12.3. The quantitative estimate of drug-likeness (QED) is 0.297. The second-order valence-electron chi connectivity index (χ2n) is 7.25. The number of nitrogens with zero attached hydrogens (tertiary/aromatic N) is 2. The van der Waals surface area contributed by atoms with Crippen LogP contribution < -0.4 is 14.9 Å². The highest BCUT2D eigenvalue weighted by Gasteiger charge is 2.10. The number of aromatic amines is 1. The van der Waals surface area contributed by atoms with Crippen LogP contribution in [0.5, 0.6) is 11.5 Å². The van der Waals surface area contributed by atoms with Gasteiger partial charge in [0.2, 0.25) is 0 Å². The van der Waals surface area contributed by atoms with Gasteiger partial charge in [0.05, 0.1) is 25.6 Å². The van der Waals surface area contributed by atoms with Crippen LogP contribution in [0.2, 0.25) is 0 Å². The number of aromatic nitrogens is 2. The zero-order valence-corrected chi connectivity index (χ0v) is 18.2. The highest BCUT2D eigenvalue weighted by atomic mass is 16.5. The molecule has 0 aliphatic heterocycles. The summed E-state index contributed by atoms with van der Waals surface area (Å²) in [6, 6.07) is 26.9. The van der Waals surface area contributed by atoms with Gasteiger partial charge in [-0.2, -0.15) is 10.2 Å². The van der Waals surface area contributed by atoms with Crippen LogP contribution in [0.4, 0.5) is 0 Å². The molecule has 4 aromatic rings. The number of rotatable bonds is 9. The number of amides is 1. The van der Waals surface area contributed by atoms with E-state index in [2.05, 4.69) is 32.9 Å². The number of benzene rings is 3. The molecule has 3 aromatic carbocycles. The Morgan fingerprint density at radius 2 is 1.73 bits per heavy atom. The van der Waals surface area contributed by atoms with Gasteiger partial charge in [0, 0.05) is 12.0 Å². The van der Waals surface area contributed by atoms with E-state index in [0.717, 1.165) is 29.0 Å². The Hall–Kier alpha value is -4.39. The second-order valence-corrected chi connectivity index (χ2v) is 7.25. The van der Waals surface area contributed by atoms with Crippen LogP contribution in [-0.2, 0) is 6.42 Å². The molecular formula is C26H24N4O3. The van der Waals surface area contributed by atoms with Gasteiger partial charge in [-0.05, 0) is 65.7 Å². The molecule has 0 radical (unpaired) electrons. The Balaban J connectivity index is 1.29. The average Bonchev–Trinajstić information content (AvgIpc) is 3.36. The van der Waals surface area contributed by atoms with Crippen molar-refractivity contribution in [3.8, 4) is 22.8 Å². The Labute approximate surface area is 192 Å². The van der Waals surface area contributed by atoms with Gasteiger partial charge >= 0.3 is 0 Å². The van der Waals surface area contributed by atoms with Gasteiger partial charge in [-0.25, -0.2) is 5.43 Å². The normalized spacial score (nSPS) is 10.8. The van der Waals surface area contributed by atoms with Crippen LogP contribution in [0, 0.1) is 0 Å². The molecule has 1 amide bonds. The molecule has 4 rings (SSSR count). The van der Waals surface area contributed by atoms with Crippen LogP contribution in [0.25, 0.3) is 11.3 Å². The van der Waals surface area contributed by atoms with Crippen molar-refractivity contribution in [3.63, 3.8) is 0 Å². The largest absolute Gasteiger partial charge is 0.497 e. The smallest absolute Gasteiger partial charge is 0.289 e. The van der Waals surface area contributed by atoms with Gasteiger partial charge in [0.15, 0.2) is 0 Å². The third-order valence-electron chi connectivity index (χ3n) is 4.97. The van der Waals surface area contributed by atoms with Crippen LogP contribution in [0.15, 0.2) is 90.0 Å². The lowest BCUT2D eigenvalue weighted by Crippen LogP contribution is -2.17. The Morgan fingerprint density at radius 3 is 2.45 bits per heavy atom. The summed E-state index contributed by atoms with van der Waals surface area (Å²) in [5, 5.41) is 11.0. The van der Waals surface area contributed by atoms with Gasteiger partial charge in [0.1, 0.15) is 17.2 Å². The number of ether oxygens (including phenoxy) is 2. The SMILES string of the molecule is COc1ccc(C=NNC(=O)c2cc(-c3ccc(OCCc4ccccc4)cc3)n[nH]2)cc1. The fourth-order valence-electron chi connectivity index (χ4n) is 3.15. The van der Waals surface area contributed by atoms with Gasteiger partial charge in [-0.3, -0.25) is 9.89 Å². The number of hydrogen-bond acceptors (Lipinski definition) is 5. The first-order valence-corrected chi connectivity index (χ1v) is 10.5. The molecule has 0 atom stereocenters. The molecule has 0 aliphatic carbocycles. The van der Waals surface area contributed by atoms with Gasteiger partial charge in [-0.15, -0.1) is 0 Å². The minimum atomic E-state index is -0.376. The van der Waals surface area contributed by atoms with Crippen LogP contribution >= 0.6 is 0 Å². The van der Waals surface area contributed by atoms with E-state index >= 15 is 0 Å². The highest BCUT2D eigenvalue weighted by molar-refractivity contribution is 5.94. The number of H-pyrrole nitrogens is 1. The molecule has 0 saturated heterocycles. The summed E-state index contributed by atoms with van der Waals surface area (Å²) in [6.07, 6.45) is 2.41. The molecule has 1 heterocycles. The van der Waals surface area contributed by atoms with E-state index in [-0.39, 0.29) is 5.91 Å². The number of methoxy groups -OCH3 is 1. The second kappa shape index (κ2) is 10.8. The van der Waals surface area contributed by atoms with E-state index in [1.54, 1.807) is 19.4 Å². The topological polar surface area (TPSA) is 88.6 Å². The third-order valence-corrected chi connectivity index (χ3v) is 4.97. The summed E-state index contributed by atoms with van der Waals surface area (Å²) in [7, 11) is 1.61. The summed E-state index contributed by atoms with van der Waals surface area (Å²) in [4.78, 5) is 12.3. The van der Waals surface area contributed by atoms with Crippen LogP contribution in [0.1, 0.15) is 21.6 Å². The Kier molecular flexibility index (Phi) is 7.12. The molecule has 0 spiro atoms.